The minimum atomic E-state index is -0.352. The summed E-state index contributed by atoms with van der Waals surface area (Å²) in [5.74, 6) is 1.56. The number of anilines is 1. The van der Waals surface area contributed by atoms with Gasteiger partial charge in [0.25, 0.3) is 5.56 Å². The summed E-state index contributed by atoms with van der Waals surface area (Å²) in [6.45, 7) is -0.0158. The molecule has 0 bridgehead atoms. The lowest BCUT2D eigenvalue weighted by atomic mass is 10.1. The summed E-state index contributed by atoms with van der Waals surface area (Å²) < 4.78 is 18.9. The Morgan fingerprint density at radius 1 is 1.19 bits per heavy atom. The monoisotopic (exact) mass is 432 g/mol. The molecule has 9 heteroatoms. The van der Waals surface area contributed by atoms with Crippen LogP contribution in [0.3, 0.4) is 0 Å². The van der Waals surface area contributed by atoms with E-state index in [1.807, 2.05) is 30.5 Å². The number of benzene rings is 2. The second-order valence-electron chi connectivity index (χ2n) is 7.38. The molecule has 1 aliphatic heterocycles. The molecule has 0 atom stereocenters. The van der Waals surface area contributed by atoms with Crippen LogP contribution < -0.4 is 25.1 Å². The Morgan fingerprint density at radius 2 is 2.03 bits per heavy atom. The minimum absolute atomic E-state index is 0.155. The summed E-state index contributed by atoms with van der Waals surface area (Å²) in [5.41, 5.74) is 2.95. The van der Waals surface area contributed by atoms with Gasteiger partial charge in [-0.2, -0.15) is 0 Å². The summed E-state index contributed by atoms with van der Waals surface area (Å²) in [5, 5.41) is 2.77. The molecule has 1 aliphatic rings. The number of nitrogens with zero attached hydrogens (tertiary/aromatic N) is 3. The van der Waals surface area contributed by atoms with Crippen molar-refractivity contribution in [2.45, 2.75) is 6.54 Å². The van der Waals surface area contributed by atoms with Crippen molar-refractivity contribution in [3.8, 4) is 28.4 Å². The smallest absolute Gasteiger partial charge is 0.278 e. The number of hydrogen-bond donors (Lipinski definition) is 1. The third-order valence-corrected chi connectivity index (χ3v) is 5.30. The van der Waals surface area contributed by atoms with Crippen LogP contribution in [-0.2, 0) is 18.4 Å². The molecular weight excluding hydrogens is 412 g/mol. The van der Waals surface area contributed by atoms with E-state index in [1.54, 1.807) is 36.9 Å². The van der Waals surface area contributed by atoms with Gasteiger partial charge in [0.2, 0.25) is 12.7 Å². The van der Waals surface area contributed by atoms with Gasteiger partial charge in [-0.1, -0.05) is 12.1 Å². The summed E-state index contributed by atoms with van der Waals surface area (Å²) >= 11 is 0. The van der Waals surface area contributed by atoms with Crippen LogP contribution in [-0.4, -0.2) is 33.9 Å². The fraction of sp³-hybridized carbons (Fsp3) is 0.174. The van der Waals surface area contributed by atoms with Gasteiger partial charge in [-0.15, -0.1) is 0 Å². The van der Waals surface area contributed by atoms with Crippen LogP contribution in [0.4, 0.5) is 5.69 Å². The van der Waals surface area contributed by atoms with E-state index in [1.165, 1.54) is 10.9 Å². The minimum Gasteiger partial charge on any atom is -0.497 e. The van der Waals surface area contributed by atoms with Crippen LogP contribution in [0.5, 0.6) is 17.2 Å². The Kier molecular flexibility index (Phi) is 4.78. The maximum absolute atomic E-state index is 13.1. The second-order valence-corrected chi connectivity index (χ2v) is 7.38. The van der Waals surface area contributed by atoms with Crippen LogP contribution in [0.25, 0.3) is 22.2 Å². The summed E-state index contributed by atoms with van der Waals surface area (Å²) in [4.78, 5) is 30.2. The van der Waals surface area contributed by atoms with E-state index in [4.69, 9.17) is 14.2 Å². The Morgan fingerprint density at radius 3 is 2.88 bits per heavy atom. The van der Waals surface area contributed by atoms with Crippen molar-refractivity contribution in [2.24, 2.45) is 7.05 Å². The number of carbonyl (C=O) groups is 1. The number of hydrogen-bond acceptors (Lipinski definition) is 6. The fourth-order valence-electron chi connectivity index (χ4n) is 3.76. The molecular formula is C23H20N4O5. The molecule has 1 amide bonds. The lowest BCUT2D eigenvalue weighted by Gasteiger charge is -2.08. The molecule has 0 unspecified atom stereocenters. The second kappa shape index (κ2) is 7.77. The molecule has 0 saturated heterocycles. The molecule has 3 heterocycles. The number of fused-ring (bicyclic) bond motifs is 2. The van der Waals surface area contributed by atoms with E-state index in [9.17, 15) is 9.59 Å². The standard InChI is InChI=1S/C23H20N4O5/c1-26-10-17(14-4-3-5-16(8-14)30-2)21-22(26)23(29)27(12-24-21)11-20(28)25-15-6-7-18-19(9-15)32-13-31-18/h3-10,12H,11,13H2,1-2H3,(H,25,28). The highest BCUT2D eigenvalue weighted by Crippen LogP contribution is 2.34. The molecule has 0 saturated carbocycles. The zero-order chi connectivity index (χ0) is 22.2. The molecule has 2 aromatic carbocycles. The molecule has 0 aliphatic carbocycles. The molecule has 0 radical (unpaired) electrons. The lowest BCUT2D eigenvalue weighted by Crippen LogP contribution is -2.28. The Balaban J connectivity index is 1.43. The Bertz CT molecular complexity index is 1410. The number of amides is 1. The van der Waals surface area contributed by atoms with E-state index >= 15 is 0 Å². The number of methoxy groups -OCH3 is 1. The van der Waals surface area contributed by atoms with Crippen LogP contribution in [0.15, 0.2) is 59.8 Å². The maximum atomic E-state index is 13.1. The topological polar surface area (TPSA) is 96.6 Å². The van der Waals surface area contributed by atoms with Gasteiger partial charge in [0.15, 0.2) is 11.5 Å². The van der Waals surface area contributed by atoms with Crippen molar-refractivity contribution in [1.29, 1.82) is 0 Å². The van der Waals surface area contributed by atoms with Crippen LogP contribution in [0, 0.1) is 0 Å². The first-order valence-electron chi connectivity index (χ1n) is 9.92. The van der Waals surface area contributed by atoms with E-state index in [-0.39, 0.29) is 24.8 Å². The molecule has 1 N–H and O–H groups in total. The maximum Gasteiger partial charge on any atom is 0.278 e. The van der Waals surface area contributed by atoms with Gasteiger partial charge in [-0.05, 0) is 29.8 Å². The number of aryl methyl sites for hydroxylation is 1. The summed E-state index contributed by atoms with van der Waals surface area (Å²) in [6.07, 6.45) is 3.25. The molecule has 32 heavy (non-hydrogen) atoms. The molecule has 0 spiro atoms. The number of rotatable bonds is 5. The SMILES string of the molecule is COc1cccc(-c2cn(C)c3c(=O)n(CC(=O)Nc4ccc5c(c4)OCO5)cnc23)c1. The quantitative estimate of drug-likeness (QED) is 0.521. The van der Waals surface area contributed by atoms with Gasteiger partial charge in [0.05, 0.1) is 13.4 Å². The molecule has 4 aromatic rings. The Labute approximate surface area is 182 Å². The zero-order valence-corrected chi connectivity index (χ0v) is 17.5. The van der Waals surface area contributed by atoms with E-state index in [2.05, 4.69) is 10.3 Å². The Hall–Kier alpha value is -4.27. The number of nitrogens with one attached hydrogen (secondary N) is 1. The van der Waals surface area contributed by atoms with Crippen molar-refractivity contribution in [1.82, 2.24) is 14.1 Å². The van der Waals surface area contributed by atoms with Crippen molar-refractivity contribution >= 4 is 22.6 Å². The first kappa shape index (κ1) is 19.7. The van der Waals surface area contributed by atoms with E-state index in [0.29, 0.717) is 34.0 Å². The molecule has 5 rings (SSSR count). The number of ether oxygens (including phenoxy) is 3. The van der Waals surface area contributed by atoms with Crippen molar-refractivity contribution in [3.63, 3.8) is 0 Å². The fourth-order valence-corrected chi connectivity index (χ4v) is 3.76. The third kappa shape index (κ3) is 3.43. The highest BCUT2D eigenvalue weighted by Gasteiger charge is 2.17. The molecule has 162 valence electrons. The van der Waals surface area contributed by atoms with Crippen molar-refractivity contribution in [3.05, 3.63) is 65.3 Å². The van der Waals surface area contributed by atoms with Crippen LogP contribution in [0.2, 0.25) is 0 Å². The van der Waals surface area contributed by atoms with Gasteiger partial charge >= 0.3 is 0 Å². The van der Waals surface area contributed by atoms with Crippen molar-refractivity contribution < 1.29 is 19.0 Å². The normalized spacial score (nSPS) is 12.2. The third-order valence-electron chi connectivity index (χ3n) is 5.30. The van der Waals surface area contributed by atoms with Crippen LogP contribution >= 0.6 is 0 Å². The van der Waals surface area contributed by atoms with Gasteiger partial charge in [0.1, 0.15) is 23.3 Å². The highest BCUT2D eigenvalue weighted by molar-refractivity contribution is 5.93. The predicted molar refractivity (Wildman–Crippen MR) is 118 cm³/mol. The first-order chi connectivity index (χ1) is 15.5. The average Bonchev–Trinajstić information content (AvgIpc) is 3.40. The van der Waals surface area contributed by atoms with E-state index < -0.39 is 0 Å². The lowest BCUT2D eigenvalue weighted by molar-refractivity contribution is -0.116. The van der Waals surface area contributed by atoms with Gasteiger partial charge < -0.3 is 24.1 Å². The molecule has 2 aromatic heterocycles. The average molecular weight is 432 g/mol. The first-order valence-corrected chi connectivity index (χ1v) is 9.92. The summed E-state index contributed by atoms with van der Waals surface area (Å²) in [7, 11) is 3.39. The zero-order valence-electron chi connectivity index (χ0n) is 17.5. The van der Waals surface area contributed by atoms with Crippen molar-refractivity contribution in [2.75, 3.05) is 19.2 Å². The van der Waals surface area contributed by atoms with E-state index in [0.717, 1.165) is 11.1 Å². The number of aromatic nitrogens is 3. The molecule has 0 fully saturated rings. The number of carbonyl (C=O) groups excluding carboxylic acids is 1. The van der Waals surface area contributed by atoms with Gasteiger partial charge in [0, 0.05) is 30.6 Å². The predicted octanol–water partition coefficient (Wildman–Crippen LogP) is 2.78. The largest absolute Gasteiger partial charge is 0.497 e. The summed E-state index contributed by atoms with van der Waals surface area (Å²) in [6, 6.07) is 12.7. The van der Waals surface area contributed by atoms with Gasteiger partial charge in [-0.3, -0.25) is 14.2 Å². The van der Waals surface area contributed by atoms with Gasteiger partial charge in [-0.25, -0.2) is 4.98 Å². The van der Waals surface area contributed by atoms with Crippen LogP contribution in [0.1, 0.15) is 0 Å². The molecule has 9 nitrogen and oxygen atoms in total. The highest BCUT2D eigenvalue weighted by atomic mass is 16.7.